The van der Waals surface area contributed by atoms with Gasteiger partial charge in [0.2, 0.25) is 5.91 Å². The van der Waals surface area contributed by atoms with Gasteiger partial charge in [-0.25, -0.2) is 0 Å². The van der Waals surface area contributed by atoms with E-state index in [4.69, 9.17) is 10.00 Å². The zero-order chi connectivity index (χ0) is 15.7. The van der Waals surface area contributed by atoms with Gasteiger partial charge in [0.25, 0.3) is 0 Å². The first-order chi connectivity index (χ1) is 9.90. The van der Waals surface area contributed by atoms with Gasteiger partial charge < -0.3 is 10.1 Å². The highest BCUT2D eigenvalue weighted by atomic mass is 16.5. The summed E-state index contributed by atoms with van der Waals surface area (Å²) in [7, 11) is 0. The minimum atomic E-state index is -0.0514. The molecule has 21 heavy (non-hydrogen) atoms. The van der Waals surface area contributed by atoms with Gasteiger partial charge in [-0.05, 0) is 36.5 Å². The number of nitrogens with one attached hydrogen (secondary N) is 1. The molecule has 0 saturated heterocycles. The van der Waals surface area contributed by atoms with Crippen molar-refractivity contribution in [3.8, 4) is 6.07 Å². The van der Waals surface area contributed by atoms with Crippen molar-refractivity contribution >= 4 is 11.6 Å². The van der Waals surface area contributed by atoms with E-state index in [-0.39, 0.29) is 11.3 Å². The second kappa shape index (κ2) is 8.43. The molecule has 114 valence electrons. The number of anilines is 1. The summed E-state index contributed by atoms with van der Waals surface area (Å²) in [6.07, 6.45) is 2.14. The first-order valence-electron chi connectivity index (χ1n) is 7.28. The normalized spacial score (nSPS) is 11.0. The van der Waals surface area contributed by atoms with Crippen LogP contribution in [0, 0.1) is 16.7 Å². The molecule has 0 unspecified atom stereocenters. The highest BCUT2D eigenvalue weighted by Crippen LogP contribution is 2.18. The third kappa shape index (κ3) is 8.11. The van der Waals surface area contributed by atoms with Crippen LogP contribution in [0.2, 0.25) is 0 Å². The van der Waals surface area contributed by atoms with Crippen LogP contribution in [0.3, 0.4) is 0 Å². The fourth-order valence-corrected chi connectivity index (χ4v) is 1.71. The maximum atomic E-state index is 11.8. The number of amides is 1. The summed E-state index contributed by atoms with van der Waals surface area (Å²) >= 11 is 0. The van der Waals surface area contributed by atoms with Gasteiger partial charge in [-0.15, -0.1) is 0 Å². The van der Waals surface area contributed by atoms with Crippen LogP contribution >= 0.6 is 0 Å². The molecule has 0 heterocycles. The Kier molecular flexibility index (Phi) is 6.90. The second-order valence-corrected chi connectivity index (χ2v) is 6.27. The molecule has 0 aliphatic heterocycles. The van der Waals surface area contributed by atoms with Crippen LogP contribution in [0.4, 0.5) is 5.69 Å². The maximum Gasteiger partial charge on any atom is 0.224 e. The fraction of sp³-hybridized carbons (Fsp3) is 0.529. The molecule has 4 heteroatoms. The van der Waals surface area contributed by atoms with Gasteiger partial charge in [0, 0.05) is 25.3 Å². The summed E-state index contributed by atoms with van der Waals surface area (Å²) in [6, 6.07) is 8.95. The number of rotatable bonds is 7. The minimum Gasteiger partial charge on any atom is -0.381 e. The Labute approximate surface area is 127 Å². The van der Waals surface area contributed by atoms with E-state index < -0.39 is 0 Å². The molecule has 0 atom stereocenters. The van der Waals surface area contributed by atoms with Crippen molar-refractivity contribution in [1.29, 1.82) is 5.26 Å². The van der Waals surface area contributed by atoms with E-state index in [2.05, 4.69) is 26.1 Å². The second-order valence-electron chi connectivity index (χ2n) is 6.27. The molecule has 4 nitrogen and oxygen atoms in total. The molecule has 1 rings (SSSR count). The molecular weight excluding hydrogens is 264 g/mol. The third-order valence-electron chi connectivity index (χ3n) is 2.96. The first kappa shape index (κ1) is 17.2. The SMILES string of the molecule is CC(C)(C)CCOCCCC(=O)Nc1cccc(C#N)c1. The third-order valence-corrected chi connectivity index (χ3v) is 2.96. The molecule has 1 aromatic carbocycles. The van der Waals surface area contributed by atoms with Gasteiger partial charge in [-0.2, -0.15) is 5.26 Å². The summed E-state index contributed by atoms with van der Waals surface area (Å²) in [5.41, 5.74) is 1.48. The number of ether oxygens (including phenoxy) is 1. The van der Waals surface area contributed by atoms with Crippen molar-refractivity contribution < 1.29 is 9.53 Å². The number of hydrogen-bond acceptors (Lipinski definition) is 3. The highest BCUT2D eigenvalue weighted by molar-refractivity contribution is 5.90. The number of carbonyl (C=O) groups is 1. The first-order valence-corrected chi connectivity index (χ1v) is 7.28. The Hall–Kier alpha value is -1.86. The summed E-state index contributed by atoms with van der Waals surface area (Å²) in [5.74, 6) is -0.0514. The average molecular weight is 288 g/mol. The van der Waals surface area contributed by atoms with Gasteiger partial charge >= 0.3 is 0 Å². The van der Waals surface area contributed by atoms with Crippen LogP contribution in [-0.4, -0.2) is 19.1 Å². The standard InChI is InChI=1S/C17H24N2O2/c1-17(2,3)9-11-21-10-5-8-16(20)19-15-7-4-6-14(12-15)13-18/h4,6-7,12H,5,8-11H2,1-3H3,(H,19,20). The van der Waals surface area contributed by atoms with Crippen molar-refractivity contribution in [1.82, 2.24) is 0 Å². The Morgan fingerprint density at radius 1 is 1.33 bits per heavy atom. The molecule has 0 aromatic heterocycles. The van der Waals surface area contributed by atoms with Crippen LogP contribution in [-0.2, 0) is 9.53 Å². The Balaban J connectivity index is 2.18. The lowest BCUT2D eigenvalue weighted by Gasteiger charge is -2.17. The lowest BCUT2D eigenvalue weighted by molar-refractivity contribution is -0.116. The Morgan fingerprint density at radius 3 is 2.76 bits per heavy atom. The van der Waals surface area contributed by atoms with Crippen LogP contribution in [0.15, 0.2) is 24.3 Å². The van der Waals surface area contributed by atoms with Gasteiger partial charge in [0.1, 0.15) is 0 Å². The largest absolute Gasteiger partial charge is 0.381 e. The number of benzene rings is 1. The van der Waals surface area contributed by atoms with E-state index in [0.717, 1.165) is 13.0 Å². The van der Waals surface area contributed by atoms with Crippen LogP contribution in [0.5, 0.6) is 0 Å². The molecule has 1 aromatic rings. The van der Waals surface area contributed by atoms with E-state index in [9.17, 15) is 4.79 Å². The van der Waals surface area contributed by atoms with Gasteiger partial charge in [-0.3, -0.25) is 4.79 Å². The maximum absolute atomic E-state index is 11.8. The van der Waals surface area contributed by atoms with E-state index in [1.54, 1.807) is 24.3 Å². The molecule has 0 radical (unpaired) electrons. The predicted octanol–water partition coefficient (Wildman–Crippen LogP) is 3.73. The topological polar surface area (TPSA) is 62.1 Å². The van der Waals surface area contributed by atoms with Crippen molar-refractivity contribution in [3.63, 3.8) is 0 Å². The molecule has 0 aliphatic rings. The molecule has 0 fully saturated rings. The minimum absolute atomic E-state index is 0.0514. The summed E-state index contributed by atoms with van der Waals surface area (Å²) in [4.78, 5) is 11.8. The summed E-state index contributed by atoms with van der Waals surface area (Å²) in [6.45, 7) is 7.87. The van der Waals surface area contributed by atoms with Crippen molar-refractivity contribution in [3.05, 3.63) is 29.8 Å². The molecule has 0 spiro atoms. The predicted molar refractivity (Wildman–Crippen MR) is 83.9 cm³/mol. The molecule has 0 saturated carbocycles. The van der Waals surface area contributed by atoms with Crippen molar-refractivity contribution in [2.45, 2.75) is 40.0 Å². The summed E-state index contributed by atoms with van der Waals surface area (Å²) in [5, 5.41) is 11.6. The number of nitriles is 1. The molecule has 0 bridgehead atoms. The zero-order valence-electron chi connectivity index (χ0n) is 13.1. The highest BCUT2D eigenvalue weighted by Gasteiger charge is 2.09. The molecule has 1 N–H and O–H groups in total. The van der Waals surface area contributed by atoms with Gasteiger partial charge in [0.05, 0.1) is 11.6 Å². The van der Waals surface area contributed by atoms with Crippen LogP contribution < -0.4 is 5.32 Å². The van der Waals surface area contributed by atoms with Gasteiger partial charge in [-0.1, -0.05) is 26.8 Å². The van der Waals surface area contributed by atoms with Crippen LogP contribution in [0.1, 0.15) is 45.6 Å². The Bertz CT molecular complexity index is 498. The van der Waals surface area contributed by atoms with Crippen molar-refractivity contribution in [2.75, 3.05) is 18.5 Å². The Morgan fingerprint density at radius 2 is 2.10 bits per heavy atom. The average Bonchev–Trinajstić information content (AvgIpc) is 2.41. The van der Waals surface area contributed by atoms with Crippen LogP contribution in [0.25, 0.3) is 0 Å². The number of nitrogens with zero attached hydrogens (tertiary/aromatic N) is 1. The number of hydrogen-bond donors (Lipinski definition) is 1. The molecular formula is C17H24N2O2. The van der Waals surface area contributed by atoms with Gasteiger partial charge in [0.15, 0.2) is 0 Å². The van der Waals surface area contributed by atoms with Crippen molar-refractivity contribution in [2.24, 2.45) is 5.41 Å². The quantitative estimate of drug-likeness (QED) is 0.778. The lowest BCUT2D eigenvalue weighted by Crippen LogP contribution is -2.13. The smallest absolute Gasteiger partial charge is 0.224 e. The molecule has 0 aliphatic carbocycles. The van der Waals surface area contributed by atoms with E-state index in [1.807, 2.05) is 6.07 Å². The number of carbonyl (C=O) groups excluding carboxylic acids is 1. The van der Waals surface area contributed by atoms with E-state index in [0.29, 0.717) is 30.7 Å². The van der Waals surface area contributed by atoms with E-state index in [1.165, 1.54) is 0 Å². The lowest BCUT2D eigenvalue weighted by atomic mass is 9.93. The van der Waals surface area contributed by atoms with E-state index >= 15 is 0 Å². The fourth-order valence-electron chi connectivity index (χ4n) is 1.71. The molecule has 1 amide bonds. The monoisotopic (exact) mass is 288 g/mol. The summed E-state index contributed by atoms with van der Waals surface area (Å²) < 4.78 is 5.52. The zero-order valence-corrected chi connectivity index (χ0v) is 13.1.